The molecule has 0 aliphatic heterocycles. The molecule has 13 heavy (non-hydrogen) atoms. The van der Waals surface area contributed by atoms with Gasteiger partial charge in [0.2, 0.25) is 0 Å². The number of hydrogen-bond acceptors (Lipinski definition) is 3. The zero-order valence-corrected chi connectivity index (χ0v) is 9.70. The molecule has 0 saturated carbocycles. The number of hydrogen-bond donors (Lipinski definition) is 2. The molecule has 0 aliphatic carbocycles. The van der Waals surface area contributed by atoms with Crippen molar-refractivity contribution in [2.24, 2.45) is 0 Å². The molecule has 1 atom stereocenters. The molecule has 0 spiro atoms. The minimum absolute atomic E-state index is 0.344. The van der Waals surface area contributed by atoms with Crippen LogP contribution in [-0.2, 0) is 0 Å². The van der Waals surface area contributed by atoms with Crippen LogP contribution >= 0.6 is 11.8 Å². The summed E-state index contributed by atoms with van der Waals surface area (Å²) in [6, 6.07) is 0. The fourth-order valence-corrected chi connectivity index (χ4v) is 1.39. The third-order valence-corrected chi connectivity index (χ3v) is 3.07. The lowest BCUT2D eigenvalue weighted by Gasteiger charge is -2.09. The number of aliphatic hydroxyl groups excluding tert-OH is 1. The molecular weight excluding hydrogens is 182 g/mol. The molecule has 0 fully saturated rings. The van der Waals surface area contributed by atoms with Crippen molar-refractivity contribution in [2.45, 2.75) is 37.9 Å². The molecule has 1 unspecified atom stereocenters. The lowest BCUT2D eigenvalue weighted by Crippen LogP contribution is -2.23. The largest absolute Gasteiger partial charge is 0.396 e. The predicted octanol–water partition coefficient (Wildman–Crippen LogP) is 1.88. The maximum Gasteiger partial charge on any atom is 0.0431 e. The Morgan fingerprint density at radius 3 is 2.54 bits per heavy atom. The zero-order chi connectivity index (χ0) is 9.94. The number of unbranched alkanes of at least 4 members (excludes halogenated alkanes) is 3. The molecule has 0 aromatic rings. The van der Waals surface area contributed by atoms with E-state index in [-0.39, 0.29) is 0 Å². The van der Waals surface area contributed by atoms with Crippen LogP contribution in [-0.4, -0.2) is 36.3 Å². The molecule has 0 saturated heterocycles. The van der Waals surface area contributed by atoms with Crippen molar-refractivity contribution in [2.75, 3.05) is 26.0 Å². The van der Waals surface area contributed by atoms with E-state index < -0.39 is 0 Å². The average Bonchev–Trinajstić information content (AvgIpc) is 2.16. The molecule has 0 rings (SSSR count). The lowest BCUT2D eigenvalue weighted by atomic mass is 10.2. The summed E-state index contributed by atoms with van der Waals surface area (Å²) in [5.74, 6) is 0. The molecule has 2 N–H and O–H groups in total. The van der Waals surface area contributed by atoms with Crippen molar-refractivity contribution in [3.8, 4) is 0 Å². The van der Waals surface area contributed by atoms with Gasteiger partial charge in [0.1, 0.15) is 0 Å². The Labute approximate surface area is 86.5 Å². The second-order valence-electron chi connectivity index (χ2n) is 3.39. The first-order chi connectivity index (χ1) is 6.31. The van der Waals surface area contributed by atoms with Gasteiger partial charge in [-0.25, -0.2) is 0 Å². The first kappa shape index (κ1) is 13.3. The van der Waals surface area contributed by atoms with Crippen LogP contribution in [0.25, 0.3) is 0 Å². The summed E-state index contributed by atoms with van der Waals surface area (Å²) >= 11 is 1.90. The van der Waals surface area contributed by atoms with Gasteiger partial charge in [-0.15, -0.1) is 0 Å². The SMILES string of the molecule is CSC(C)CNCCCCCCO. The van der Waals surface area contributed by atoms with Gasteiger partial charge in [0.15, 0.2) is 0 Å². The molecule has 0 heterocycles. The highest BCUT2D eigenvalue weighted by molar-refractivity contribution is 7.99. The fourth-order valence-electron chi connectivity index (χ4n) is 1.10. The molecule has 0 radical (unpaired) electrons. The van der Waals surface area contributed by atoms with Gasteiger partial charge in [-0.05, 0) is 25.6 Å². The molecule has 0 amide bonds. The molecular formula is C10H23NOS. The smallest absolute Gasteiger partial charge is 0.0431 e. The van der Waals surface area contributed by atoms with Gasteiger partial charge < -0.3 is 10.4 Å². The first-order valence-corrected chi connectivity index (χ1v) is 6.44. The zero-order valence-electron chi connectivity index (χ0n) is 8.88. The monoisotopic (exact) mass is 205 g/mol. The topological polar surface area (TPSA) is 32.3 Å². The van der Waals surface area contributed by atoms with E-state index in [1.807, 2.05) is 11.8 Å². The Morgan fingerprint density at radius 2 is 1.92 bits per heavy atom. The normalized spacial score (nSPS) is 13.2. The first-order valence-electron chi connectivity index (χ1n) is 5.15. The molecule has 0 aliphatic rings. The fraction of sp³-hybridized carbons (Fsp3) is 1.00. The van der Waals surface area contributed by atoms with Crippen LogP contribution in [0.4, 0.5) is 0 Å². The molecule has 0 aromatic carbocycles. The van der Waals surface area contributed by atoms with Crippen molar-refractivity contribution in [3.05, 3.63) is 0 Å². The van der Waals surface area contributed by atoms with E-state index in [0.717, 1.165) is 31.2 Å². The molecule has 0 bridgehead atoms. The summed E-state index contributed by atoms with van der Waals surface area (Å²) < 4.78 is 0. The van der Waals surface area contributed by atoms with Crippen molar-refractivity contribution < 1.29 is 5.11 Å². The molecule has 0 aromatic heterocycles. The van der Waals surface area contributed by atoms with Crippen LogP contribution in [0.2, 0.25) is 0 Å². The van der Waals surface area contributed by atoms with Gasteiger partial charge in [-0.2, -0.15) is 11.8 Å². The summed E-state index contributed by atoms with van der Waals surface area (Å²) in [5.41, 5.74) is 0. The van der Waals surface area contributed by atoms with Crippen LogP contribution < -0.4 is 5.32 Å². The van der Waals surface area contributed by atoms with Crippen molar-refractivity contribution in [1.29, 1.82) is 0 Å². The van der Waals surface area contributed by atoms with Crippen LogP contribution in [0.15, 0.2) is 0 Å². The summed E-state index contributed by atoms with van der Waals surface area (Å²) in [4.78, 5) is 0. The Balaban J connectivity index is 2.91. The van der Waals surface area contributed by atoms with E-state index in [0.29, 0.717) is 6.61 Å². The number of thioether (sulfide) groups is 1. The van der Waals surface area contributed by atoms with E-state index in [4.69, 9.17) is 5.11 Å². The number of nitrogens with one attached hydrogen (secondary N) is 1. The van der Waals surface area contributed by atoms with Gasteiger partial charge in [0.05, 0.1) is 0 Å². The van der Waals surface area contributed by atoms with Crippen LogP contribution in [0.5, 0.6) is 0 Å². The van der Waals surface area contributed by atoms with Crippen molar-refractivity contribution in [3.63, 3.8) is 0 Å². The molecule has 2 nitrogen and oxygen atoms in total. The van der Waals surface area contributed by atoms with E-state index in [9.17, 15) is 0 Å². The van der Waals surface area contributed by atoms with Crippen molar-refractivity contribution in [1.82, 2.24) is 5.32 Å². The number of aliphatic hydroxyl groups is 1. The lowest BCUT2D eigenvalue weighted by molar-refractivity contribution is 0.282. The minimum Gasteiger partial charge on any atom is -0.396 e. The quantitative estimate of drug-likeness (QED) is 0.564. The standard InChI is InChI=1S/C10H23NOS/c1-10(13-2)9-11-7-5-3-4-6-8-12/h10-12H,3-9H2,1-2H3. The highest BCUT2D eigenvalue weighted by atomic mass is 32.2. The third-order valence-electron chi connectivity index (χ3n) is 2.10. The van der Waals surface area contributed by atoms with E-state index in [1.54, 1.807) is 0 Å². The second-order valence-corrected chi connectivity index (χ2v) is 4.66. The van der Waals surface area contributed by atoms with Crippen LogP contribution in [0.3, 0.4) is 0 Å². The summed E-state index contributed by atoms with van der Waals surface area (Å²) in [5, 5.41) is 12.7. The van der Waals surface area contributed by atoms with Gasteiger partial charge in [0.25, 0.3) is 0 Å². The highest BCUT2D eigenvalue weighted by Crippen LogP contribution is 2.03. The maximum absolute atomic E-state index is 8.56. The minimum atomic E-state index is 0.344. The third kappa shape index (κ3) is 10.2. The average molecular weight is 205 g/mol. The summed E-state index contributed by atoms with van der Waals surface area (Å²) in [6.07, 6.45) is 6.74. The van der Waals surface area contributed by atoms with E-state index in [2.05, 4.69) is 18.5 Å². The molecule has 80 valence electrons. The van der Waals surface area contributed by atoms with Gasteiger partial charge in [-0.1, -0.05) is 19.8 Å². The Hall–Kier alpha value is 0.270. The van der Waals surface area contributed by atoms with E-state index in [1.165, 1.54) is 12.8 Å². The van der Waals surface area contributed by atoms with Gasteiger partial charge in [0, 0.05) is 18.4 Å². The van der Waals surface area contributed by atoms with Gasteiger partial charge >= 0.3 is 0 Å². The van der Waals surface area contributed by atoms with Crippen molar-refractivity contribution >= 4 is 11.8 Å². The number of rotatable bonds is 9. The maximum atomic E-state index is 8.56. The van der Waals surface area contributed by atoms with Crippen LogP contribution in [0.1, 0.15) is 32.6 Å². The molecule has 3 heteroatoms. The summed E-state index contributed by atoms with van der Waals surface area (Å²) in [7, 11) is 0. The van der Waals surface area contributed by atoms with Crippen LogP contribution in [0, 0.1) is 0 Å². The summed E-state index contributed by atoms with van der Waals surface area (Å²) in [6.45, 7) is 4.82. The Morgan fingerprint density at radius 1 is 1.23 bits per heavy atom. The predicted molar refractivity (Wildman–Crippen MR) is 61.4 cm³/mol. The van der Waals surface area contributed by atoms with Gasteiger partial charge in [-0.3, -0.25) is 0 Å². The Kier molecular flexibility index (Phi) is 10.6. The second kappa shape index (κ2) is 10.4. The van der Waals surface area contributed by atoms with E-state index >= 15 is 0 Å². The Bertz CT molecular complexity index is 101. The highest BCUT2D eigenvalue weighted by Gasteiger charge is 1.96.